The van der Waals surface area contributed by atoms with Gasteiger partial charge in [0.2, 0.25) is 5.91 Å². The largest absolute Gasteiger partial charge is 0.342 e. The van der Waals surface area contributed by atoms with Crippen LogP contribution in [0.25, 0.3) is 0 Å². The van der Waals surface area contributed by atoms with E-state index >= 15 is 0 Å². The summed E-state index contributed by atoms with van der Waals surface area (Å²) in [7, 11) is 1.82. The molecule has 0 aromatic heterocycles. The lowest BCUT2D eigenvalue weighted by Crippen LogP contribution is -2.40. The molecule has 0 radical (unpaired) electrons. The van der Waals surface area contributed by atoms with Crippen LogP contribution in [-0.4, -0.2) is 23.9 Å². The second-order valence-electron chi connectivity index (χ2n) is 5.23. The summed E-state index contributed by atoms with van der Waals surface area (Å²) in [5, 5.41) is 8.47. The van der Waals surface area contributed by atoms with Crippen molar-refractivity contribution in [2.45, 2.75) is 52.0 Å². The van der Waals surface area contributed by atoms with Crippen molar-refractivity contribution in [3.05, 3.63) is 0 Å². The van der Waals surface area contributed by atoms with Crippen LogP contribution in [0.5, 0.6) is 0 Å². The molecule has 0 N–H and O–H groups in total. The molecule has 0 heterocycles. The van der Waals surface area contributed by atoms with Crippen molar-refractivity contribution >= 4 is 5.91 Å². The van der Waals surface area contributed by atoms with Crippen molar-refractivity contribution in [2.24, 2.45) is 5.41 Å². The van der Waals surface area contributed by atoms with E-state index in [1.54, 1.807) is 4.90 Å². The molecule has 0 spiro atoms. The van der Waals surface area contributed by atoms with Gasteiger partial charge in [-0.1, -0.05) is 13.8 Å². The standard InChI is InChI=1S/C12H20N2O/c1-12(2)7-4-10(5-8-12)14(3)11(15)6-9-13/h10H,4-8H2,1-3H3. The molecule has 0 aromatic rings. The Morgan fingerprint density at radius 3 is 2.47 bits per heavy atom. The average molecular weight is 208 g/mol. The summed E-state index contributed by atoms with van der Waals surface area (Å²) in [6, 6.07) is 2.26. The van der Waals surface area contributed by atoms with Gasteiger partial charge in [-0.15, -0.1) is 0 Å². The molecule has 1 aliphatic carbocycles. The van der Waals surface area contributed by atoms with Crippen molar-refractivity contribution < 1.29 is 4.79 Å². The van der Waals surface area contributed by atoms with E-state index < -0.39 is 0 Å². The summed E-state index contributed by atoms with van der Waals surface area (Å²) in [6.45, 7) is 4.56. The molecule has 1 aliphatic rings. The first-order valence-electron chi connectivity index (χ1n) is 5.59. The predicted molar refractivity (Wildman–Crippen MR) is 59.0 cm³/mol. The van der Waals surface area contributed by atoms with E-state index in [1.165, 1.54) is 12.8 Å². The Morgan fingerprint density at radius 2 is 2.00 bits per heavy atom. The highest BCUT2D eigenvalue weighted by Gasteiger charge is 2.30. The topological polar surface area (TPSA) is 44.1 Å². The van der Waals surface area contributed by atoms with E-state index in [0.29, 0.717) is 11.5 Å². The third kappa shape index (κ3) is 3.23. The van der Waals surface area contributed by atoms with Crippen LogP contribution in [0.4, 0.5) is 0 Å². The zero-order valence-electron chi connectivity index (χ0n) is 9.92. The first-order valence-corrected chi connectivity index (χ1v) is 5.59. The first-order chi connectivity index (χ1) is 6.96. The Labute approximate surface area is 92.1 Å². The number of rotatable bonds is 2. The van der Waals surface area contributed by atoms with Gasteiger partial charge in [-0.2, -0.15) is 5.26 Å². The molecule has 15 heavy (non-hydrogen) atoms. The fourth-order valence-corrected chi connectivity index (χ4v) is 2.17. The molecule has 0 bridgehead atoms. The van der Waals surface area contributed by atoms with Gasteiger partial charge in [-0.3, -0.25) is 4.79 Å². The fraction of sp³-hybridized carbons (Fsp3) is 0.833. The zero-order valence-corrected chi connectivity index (χ0v) is 9.92. The lowest BCUT2D eigenvalue weighted by atomic mass is 9.75. The van der Waals surface area contributed by atoms with E-state index in [9.17, 15) is 4.79 Å². The van der Waals surface area contributed by atoms with Crippen LogP contribution in [0, 0.1) is 16.7 Å². The number of amides is 1. The van der Waals surface area contributed by atoms with Crippen LogP contribution in [0.2, 0.25) is 0 Å². The van der Waals surface area contributed by atoms with Gasteiger partial charge in [0, 0.05) is 13.1 Å². The quantitative estimate of drug-likeness (QED) is 0.699. The van der Waals surface area contributed by atoms with Crippen molar-refractivity contribution in [3.63, 3.8) is 0 Å². The molecule has 84 valence electrons. The van der Waals surface area contributed by atoms with Gasteiger partial charge in [-0.25, -0.2) is 0 Å². The van der Waals surface area contributed by atoms with Gasteiger partial charge in [0.15, 0.2) is 0 Å². The normalized spacial score (nSPS) is 20.7. The molecule has 0 unspecified atom stereocenters. The molecule has 1 amide bonds. The van der Waals surface area contributed by atoms with E-state index in [-0.39, 0.29) is 12.3 Å². The summed E-state index contributed by atoms with van der Waals surface area (Å²) in [5.41, 5.74) is 0.426. The zero-order chi connectivity index (χ0) is 11.5. The second kappa shape index (κ2) is 4.65. The van der Waals surface area contributed by atoms with Crippen LogP contribution in [0.3, 0.4) is 0 Å². The van der Waals surface area contributed by atoms with E-state index in [4.69, 9.17) is 5.26 Å². The van der Waals surface area contributed by atoms with E-state index in [0.717, 1.165) is 12.8 Å². The molecule has 0 saturated heterocycles. The van der Waals surface area contributed by atoms with Gasteiger partial charge < -0.3 is 4.90 Å². The van der Waals surface area contributed by atoms with Gasteiger partial charge >= 0.3 is 0 Å². The molecule has 0 aliphatic heterocycles. The van der Waals surface area contributed by atoms with Crippen molar-refractivity contribution in [3.8, 4) is 6.07 Å². The van der Waals surface area contributed by atoms with E-state index in [2.05, 4.69) is 13.8 Å². The first kappa shape index (κ1) is 12.0. The molecular weight excluding hydrogens is 188 g/mol. The molecule has 1 rings (SSSR count). The van der Waals surface area contributed by atoms with Crippen molar-refractivity contribution in [2.75, 3.05) is 7.05 Å². The predicted octanol–water partition coefficient (Wildman–Crippen LogP) is 2.33. The Hall–Kier alpha value is -1.04. The Kier molecular flexibility index (Phi) is 3.73. The SMILES string of the molecule is CN(C(=O)CC#N)C1CCC(C)(C)CC1. The van der Waals surface area contributed by atoms with Crippen LogP contribution in [-0.2, 0) is 4.79 Å². The van der Waals surface area contributed by atoms with Gasteiger partial charge in [-0.05, 0) is 31.1 Å². The van der Waals surface area contributed by atoms with Crippen molar-refractivity contribution in [1.82, 2.24) is 4.90 Å². The third-order valence-electron chi connectivity index (χ3n) is 3.48. The molecule has 3 nitrogen and oxygen atoms in total. The van der Waals surface area contributed by atoms with Gasteiger partial charge in [0.25, 0.3) is 0 Å². The summed E-state index contributed by atoms with van der Waals surface area (Å²) in [5.74, 6) is -0.0396. The number of carbonyl (C=O) groups excluding carboxylic acids is 1. The number of hydrogen-bond acceptors (Lipinski definition) is 2. The van der Waals surface area contributed by atoms with Crippen LogP contribution in [0.1, 0.15) is 46.0 Å². The summed E-state index contributed by atoms with van der Waals surface area (Å²) < 4.78 is 0. The Bertz CT molecular complexity index is 268. The molecular formula is C12H20N2O. The molecule has 3 heteroatoms. The molecule has 1 saturated carbocycles. The maximum absolute atomic E-state index is 11.5. The second-order valence-corrected chi connectivity index (χ2v) is 5.23. The Balaban J connectivity index is 2.47. The fourth-order valence-electron chi connectivity index (χ4n) is 2.17. The smallest absolute Gasteiger partial charge is 0.236 e. The third-order valence-corrected chi connectivity index (χ3v) is 3.48. The van der Waals surface area contributed by atoms with Gasteiger partial charge in [0.05, 0.1) is 6.07 Å². The maximum atomic E-state index is 11.5. The molecule has 0 atom stereocenters. The number of nitrogens with zero attached hydrogens (tertiary/aromatic N) is 2. The lowest BCUT2D eigenvalue weighted by molar-refractivity contribution is -0.131. The minimum absolute atomic E-state index is 0.0103. The van der Waals surface area contributed by atoms with Gasteiger partial charge in [0.1, 0.15) is 6.42 Å². The monoisotopic (exact) mass is 208 g/mol. The molecule has 1 fully saturated rings. The van der Waals surface area contributed by atoms with E-state index in [1.807, 2.05) is 13.1 Å². The van der Waals surface area contributed by atoms with Crippen molar-refractivity contribution in [1.29, 1.82) is 5.26 Å². The number of carbonyl (C=O) groups is 1. The van der Waals surface area contributed by atoms with Crippen LogP contribution < -0.4 is 0 Å². The maximum Gasteiger partial charge on any atom is 0.236 e. The van der Waals surface area contributed by atoms with Crippen LogP contribution in [0.15, 0.2) is 0 Å². The minimum atomic E-state index is -0.0396. The summed E-state index contributed by atoms with van der Waals surface area (Å²) in [4.78, 5) is 13.3. The summed E-state index contributed by atoms with van der Waals surface area (Å²) >= 11 is 0. The highest BCUT2D eigenvalue weighted by Crippen LogP contribution is 2.36. The average Bonchev–Trinajstić information content (AvgIpc) is 2.17. The lowest BCUT2D eigenvalue weighted by Gasteiger charge is -2.38. The molecule has 0 aromatic carbocycles. The summed E-state index contributed by atoms with van der Waals surface area (Å²) in [6.07, 6.45) is 4.49. The Morgan fingerprint density at radius 1 is 1.47 bits per heavy atom. The van der Waals surface area contributed by atoms with Crippen LogP contribution >= 0.6 is 0 Å². The number of nitriles is 1. The highest BCUT2D eigenvalue weighted by molar-refractivity contribution is 5.78. The highest BCUT2D eigenvalue weighted by atomic mass is 16.2. The minimum Gasteiger partial charge on any atom is -0.342 e. The number of hydrogen-bond donors (Lipinski definition) is 0.